The van der Waals surface area contributed by atoms with Gasteiger partial charge in [-0.1, -0.05) is 0 Å². The lowest BCUT2D eigenvalue weighted by atomic mass is 9.87. The number of aryl methyl sites for hydroxylation is 2. The van der Waals surface area contributed by atoms with E-state index < -0.39 is 11.8 Å². The number of methoxy groups -OCH3 is 1. The minimum atomic E-state index is -4.71. The Hall–Kier alpha value is -1.23. The Morgan fingerprint density at radius 2 is 1.53 bits per heavy atom. The Kier molecular flexibility index (Phi) is 3.43. The molecule has 1 atom stereocenters. The number of halogens is 3. The molecule has 0 heterocycles. The molecule has 0 aromatic heterocycles. The van der Waals surface area contributed by atoms with Crippen LogP contribution in [0.2, 0.25) is 0 Å². The molecule has 0 aliphatic rings. The Bertz CT molecular complexity index is 399. The van der Waals surface area contributed by atoms with Crippen molar-refractivity contribution in [2.45, 2.75) is 32.5 Å². The van der Waals surface area contributed by atoms with E-state index in [0.717, 1.165) is 6.92 Å². The molecule has 0 saturated heterocycles. The molecule has 0 aliphatic heterocycles. The molecular formula is C12H15F3O2. The molecule has 1 aromatic rings. The number of rotatable bonds is 2. The normalized spacial score (nSPS) is 15.5. The monoisotopic (exact) mass is 248 g/mol. The van der Waals surface area contributed by atoms with Gasteiger partial charge in [-0.3, -0.25) is 0 Å². The molecular weight excluding hydrogens is 233 g/mol. The van der Waals surface area contributed by atoms with Crippen LogP contribution in [0.25, 0.3) is 0 Å². The number of benzene rings is 1. The van der Waals surface area contributed by atoms with Gasteiger partial charge in [0.1, 0.15) is 5.75 Å². The molecule has 1 rings (SSSR count). The molecule has 0 aliphatic carbocycles. The molecule has 1 aromatic carbocycles. The number of alkyl halides is 3. The Labute approximate surface area is 98.0 Å². The van der Waals surface area contributed by atoms with Crippen molar-refractivity contribution in [2.75, 3.05) is 7.11 Å². The van der Waals surface area contributed by atoms with Crippen molar-refractivity contribution < 1.29 is 23.0 Å². The lowest BCUT2D eigenvalue weighted by Gasteiger charge is -2.30. The predicted octanol–water partition coefficient (Wildman–Crippen LogP) is 3.08. The van der Waals surface area contributed by atoms with Crippen molar-refractivity contribution in [2.24, 2.45) is 0 Å². The van der Waals surface area contributed by atoms with Gasteiger partial charge in [0.25, 0.3) is 0 Å². The van der Waals surface area contributed by atoms with Gasteiger partial charge in [0.05, 0.1) is 7.11 Å². The highest BCUT2D eigenvalue weighted by Crippen LogP contribution is 2.42. The van der Waals surface area contributed by atoms with E-state index in [-0.39, 0.29) is 5.56 Å². The predicted molar refractivity (Wildman–Crippen MR) is 58.1 cm³/mol. The largest absolute Gasteiger partial charge is 0.497 e. The van der Waals surface area contributed by atoms with Gasteiger partial charge in [-0.25, -0.2) is 0 Å². The first-order valence-electron chi connectivity index (χ1n) is 5.06. The van der Waals surface area contributed by atoms with E-state index in [1.54, 1.807) is 0 Å². The van der Waals surface area contributed by atoms with Crippen molar-refractivity contribution >= 4 is 0 Å². The van der Waals surface area contributed by atoms with Gasteiger partial charge < -0.3 is 9.84 Å². The quantitative estimate of drug-likeness (QED) is 0.871. The summed E-state index contributed by atoms with van der Waals surface area (Å²) in [6.07, 6.45) is -4.71. The lowest BCUT2D eigenvalue weighted by molar-refractivity contribution is -0.259. The van der Waals surface area contributed by atoms with Crippen molar-refractivity contribution in [3.63, 3.8) is 0 Å². The van der Waals surface area contributed by atoms with E-state index in [1.807, 2.05) is 0 Å². The van der Waals surface area contributed by atoms with Crippen molar-refractivity contribution in [3.8, 4) is 5.75 Å². The van der Waals surface area contributed by atoms with Gasteiger partial charge in [-0.15, -0.1) is 0 Å². The smallest absolute Gasteiger partial charge is 0.421 e. The summed E-state index contributed by atoms with van der Waals surface area (Å²) >= 11 is 0. The molecule has 0 fully saturated rings. The molecule has 1 N–H and O–H groups in total. The van der Waals surface area contributed by atoms with Crippen LogP contribution < -0.4 is 4.74 Å². The molecule has 2 nitrogen and oxygen atoms in total. The second-order valence-electron chi connectivity index (χ2n) is 4.21. The standard InChI is InChI=1S/C12H15F3O2/c1-7-5-9(17-4)6-8(2)10(7)11(3,16)12(13,14)15/h5-6,16H,1-4H3. The van der Waals surface area contributed by atoms with Gasteiger partial charge in [0, 0.05) is 0 Å². The SMILES string of the molecule is COc1cc(C)c(C(C)(O)C(F)(F)F)c(C)c1. The van der Waals surface area contributed by atoms with E-state index in [1.165, 1.54) is 33.1 Å². The zero-order valence-corrected chi connectivity index (χ0v) is 10.1. The highest BCUT2D eigenvalue weighted by Gasteiger charge is 2.52. The van der Waals surface area contributed by atoms with Crippen molar-refractivity contribution in [3.05, 3.63) is 28.8 Å². The molecule has 0 radical (unpaired) electrons. The highest BCUT2D eigenvalue weighted by molar-refractivity contribution is 5.44. The first-order chi connectivity index (χ1) is 7.61. The van der Waals surface area contributed by atoms with Crippen LogP contribution in [0.5, 0.6) is 5.75 Å². The molecule has 0 spiro atoms. The van der Waals surface area contributed by atoms with Crippen LogP contribution in [-0.4, -0.2) is 18.4 Å². The van der Waals surface area contributed by atoms with Crippen LogP contribution >= 0.6 is 0 Å². The maximum absolute atomic E-state index is 12.8. The summed E-state index contributed by atoms with van der Waals surface area (Å²) in [5.74, 6) is 0.474. The third-order valence-corrected chi connectivity index (χ3v) is 2.78. The average Bonchev–Trinajstić information content (AvgIpc) is 2.14. The van der Waals surface area contributed by atoms with Crippen LogP contribution in [0.1, 0.15) is 23.6 Å². The van der Waals surface area contributed by atoms with Gasteiger partial charge in [-0.2, -0.15) is 13.2 Å². The van der Waals surface area contributed by atoms with Gasteiger partial charge in [0.2, 0.25) is 0 Å². The summed E-state index contributed by atoms with van der Waals surface area (Å²) in [4.78, 5) is 0. The second-order valence-corrected chi connectivity index (χ2v) is 4.21. The molecule has 0 amide bonds. The Balaban J connectivity index is 3.42. The number of hydrogen-bond acceptors (Lipinski definition) is 2. The third-order valence-electron chi connectivity index (χ3n) is 2.78. The van der Waals surface area contributed by atoms with Gasteiger partial charge >= 0.3 is 6.18 Å². The summed E-state index contributed by atoms with van der Waals surface area (Å²) in [6, 6.07) is 2.95. The zero-order chi connectivity index (χ0) is 13.4. The first kappa shape index (κ1) is 13.8. The van der Waals surface area contributed by atoms with Crippen LogP contribution in [0, 0.1) is 13.8 Å². The summed E-state index contributed by atoms with van der Waals surface area (Å²) in [6.45, 7) is 3.80. The van der Waals surface area contributed by atoms with Gasteiger partial charge in [-0.05, 0) is 49.6 Å². The van der Waals surface area contributed by atoms with Crippen LogP contribution in [-0.2, 0) is 5.60 Å². The molecule has 5 heteroatoms. The molecule has 17 heavy (non-hydrogen) atoms. The number of hydrogen-bond donors (Lipinski definition) is 1. The van der Waals surface area contributed by atoms with Crippen molar-refractivity contribution in [1.29, 1.82) is 0 Å². The molecule has 96 valence electrons. The van der Waals surface area contributed by atoms with Gasteiger partial charge in [0.15, 0.2) is 5.60 Å². The lowest BCUT2D eigenvalue weighted by Crippen LogP contribution is -2.40. The summed E-state index contributed by atoms with van der Waals surface area (Å²) in [5, 5.41) is 9.68. The third kappa shape index (κ3) is 2.39. The van der Waals surface area contributed by atoms with Crippen LogP contribution in [0.4, 0.5) is 13.2 Å². The average molecular weight is 248 g/mol. The molecule has 0 bridgehead atoms. The fourth-order valence-electron chi connectivity index (χ4n) is 1.95. The topological polar surface area (TPSA) is 29.5 Å². The molecule has 1 unspecified atom stereocenters. The van der Waals surface area contributed by atoms with E-state index in [4.69, 9.17) is 4.74 Å². The van der Waals surface area contributed by atoms with Crippen LogP contribution in [0.15, 0.2) is 12.1 Å². The minimum absolute atomic E-state index is 0.120. The number of ether oxygens (including phenoxy) is 1. The Morgan fingerprint density at radius 3 is 1.82 bits per heavy atom. The zero-order valence-electron chi connectivity index (χ0n) is 10.1. The van der Waals surface area contributed by atoms with Crippen molar-refractivity contribution in [1.82, 2.24) is 0 Å². The fourth-order valence-corrected chi connectivity index (χ4v) is 1.95. The minimum Gasteiger partial charge on any atom is -0.497 e. The summed E-state index contributed by atoms with van der Waals surface area (Å²) in [7, 11) is 1.44. The molecule has 0 saturated carbocycles. The van der Waals surface area contributed by atoms with E-state index in [2.05, 4.69) is 0 Å². The summed E-state index contributed by atoms with van der Waals surface area (Å²) in [5.41, 5.74) is -2.27. The van der Waals surface area contributed by atoms with E-state index in [9.17, 15) is 18.3 Å². The van der Waals surface area contributed by atoms with E-state index in [0.29, 0.717) is 16.9 Å². The fraction of sp³-hybridized carbons (Fsp3) is 0.500. The Morgan fingerprint density at radius 1 is 1.12 bits per heavy atom. The van der Waals surface area contributed by atoms with E-state index >= 15 is 0 Å². The first-order valence-corrected chi connectivity index (χ1v) is 5.06. The van der Waals surface area contributed by atoms with Crippen LogP contribution in [0.3, 0.4) is 0 Å². The summed E-state index contributed by atoms with van der Waals surface area (Å²) < 4.78 is 43.3. The maximum Gasteiger partial charge on any atom is 0.421 e. The highest BCUT2D eigenvalue weighted by atomic mass is 19.4. The second kappa shape index (κ2) is 4.22. The maximum atomic E-state index is 12.8. The number of aliphatic hydroxyl groups is 1.